The third-order valence-corrected chi connectivity index (χ3v) is 3.55. The van der Waals surface area contributed by atoms with Gasteiger partial charge in [-0.15, -0.1) is 0 Å². The van der Waals surface area contributed by atoms with Crippen LogP contribution in [-0.4, -0.2) is 18.2 Å². The molecule has 0 unspecified atom stereocenters. The van der Waals surface area contributed by atoms with Gasteiger partial charge in [0.2, 0.25) is 0 Å². The van der Waals surface area contributed by atoms with Crippen molar-refractivity contribution in [3.63, 3.8) is 0 Å². The Bertz CT molecular complexity index is 494. The minimum atomic E-state index is -4.40. The highest BCUT2D eigenvalue weighted by molar-refractivity contribution is 5.84. The number of carbonyl (C=O) groups excluding carboxylic acids is 1. The van der Waals surface area contributed by atoms with E-state index in [9.17, 15) is 18.0 Å². The van der Waals surface area contributed by atoms with Crippen molar-refractivity contribution in [2.24, 2.45) is 5.73 Å². The second-order valence-corrected chi connectivity index (χ2v) is 5.35. The molecule has 2 rings (SSSR count). The zero-order valence-corrected chi connectivity index (χ0v) is 11.4. The van der Waals surface area contributed by atoms with E-state index in [1.807, 2.05) is 0 Å². The molecule has 1 fully saturated rings. The summed E-state index contributed by atoms with van der Waals surface area (Å²) in [7, 11) is 0. The van der Waals surface area contributed by atoms with Crippen molar-refractivity contribution in [3.05, 3.63) is 29.8 Å². The summed E-state index contributed by atoms with van der Waals surface area (Å²) in [5.41, 5.74) is 5.03. The Balaban J connectivity index is 1.85. The molecule has 1 aromatic carbocycles. The number of anilines is 1. The summed E-state index contributed by atoms with van der Waals surface area (Å²) in [6, 6.07) is 4.16. The molecule has 0 aliphatic heterocycles. The maximum absolute atomic E-state index is 12.4. The van der Waals surface area contributed by atoms with Gasteiger partial charge in [-0.25, -0.2) is 4.79 Å². The van der Waals surface area contributed by atoms with Crippen LogP contribution in [0.25, 0.3) is 0 Å². The third kappa shape index (κ3) is 4.35. The average Bonchev–Trinajstić information content (AvgIpc) is 2.84. The topological polar surface area (TPSA) is 64.3 Å². The average molecular weight is 302 g/mol. The van der Waals surface area contributed by atoms with E-state index in [1.165, 1.54) is 12.1 Å². The van der Waals surface area contributed by atoms with Gasteiger partial charge in [0.15, 0.2) is 0 Å². The van der Waals surface area contributed by atoms with Crippen LogP contribution in [-0.2, 0) is 10.9 Å². The number of hydrogen-bond donors (Lipinski definition) is 2. The molecule has 0 bridgehead atoms. The molecule has 4 nitrogen and oxygen atoms in total. The van der Waals surface area contributed by atoms with Crippen LogP contribution in [0.15, 0.2) is 24.3 Å². The third-order valence-electron chi connectivity index (χ3n) is 3.55. The highest BCUT2D eigenvalue weighted by atomic mass is 19.4. The molecule has 0 radical (unpaired) electrons. The number of carbonyl (C=O) groups is 1. The van der Waals surface area contributed by atoms with Crippen LogP contribution in [0.4, 0.5) is 23.7 Å². The lowest BCUT2D eigenvalue weighted by Crippen LogP contribution is -2.42. The first-order valence-electron chi connectivity index (χ1n) is 6.68. The fourth-order valence-corrected chi connectivity index (χ4v) is 2.33. The molecule has 116 valence electrons. The molecule has 0 spiro atoms. The molecule has 0 heterocycles. The highest BCUT2D eigenvalue weighted by Gasteiger charge is 2.31. The van der Waals surface area contributed by atoms with Gasteiger partial charge >= 0.3 is 12.3 Å². The predicted octanol–water partition coefficient (Wildman–Crippen LogP) is 3.53. The molecule has 21 heavy (non-hydrogen) atoms. The molecule has 1 aliphatic carbocycles. The highest BCUT2D eigenvalue weighted by Crippen LogP contribution is 2.30. The number of ether oxygens (including phenoxy) is 1. The first-order valence-corrected chi connectivity index (χ1v) is 6.68. The largest absolute Gasteiger partial charge is 0.447 e. The standard InChI is InChI=1S/C14H17F3N2O2/c15-14(16,17)10-3-5-11(6-4-10)19-12(20)21-9-13(18)7-1-2-8-13/h3-6H,1-2,7-9,18H2,(H,19,20). The van der Waals surface area contributed by atoms with Gasteiger partial charge in [-0.1, -0.05) is 12.8 Å². The normalized spacial score (nSPS) is 17.5. The Morgan fingerprint density at radius 1 is 1.24 bits per heavy atom. The Kier molecular flexibility index (Phi) is 4.41. The van der Waals surface area contributed by atoms with Gasteiger partial charge in [-0.3, -0.25) is 5.32 Å². The van der Waals surface area contributed by atoms with Gasteiger partial charge in [-0.05, 0) is 37.1 Å². The summed E-state index contributed by atoms with van der Waals surface area (Å²) < 4.78 is 42.2. The number of rotatable bonds is 3. The molecule has 1 amide bonds. The van der Waals surface area contributed by atoms with Gasteiger partial charge in [0.05, 0.1) is 11.1 Å². The molecule has 3 N–H and O–H groups in total. The van der Waals surface area contributed by atoms with Gasteiger partial charge in [0, 0.05) is 5.69 Å². The molecule has 7 heteroatoms. The van der Waals surface area contributed by atoms with E-state index >= 15 is 0 Å². The molecule has 1 aliphatic rings. The summed E-state index contributed by atoms with van der Waals surface area (Å²) in [5, 5.41) is 2.38. The Hall–Kier alpha value is -1.76. The number of amides is 1. The minimum absolute atomic E-state index is 0.111. The van der Waals surface area contributed by atoms with Crippen molar-refractivity contribution in [1.82, 2.24) is 0 Å². The first kappa shape index (κ1) is 15.6. The number of nitrogens with one attached hydrogen (secondary N) is 1. The van der Waals surface area contributed by atoms with E-state index < -0.39 is 23.4 Å². The number of benzene rings is 1. The van der Waals surface area contributed by atoms with E-state index in [0.717, 1.165) is 37.8 Å². The van der Waals surface area contributed by atoms with Crippen molar-refractivity contribution >= 4 is 11.8 Å². The second kappa shape index (κ2) is 5.93. The smallest absolute Gasteiger partial charge is 0.416 e. The summed E-state index contributed by atoms with van der Waals surface area (Å²) in [6.45, 7) is 0.111. The van der Waals surface area contributed by atoms with Gasteiger partial charge < -0.3 is 10.5 Å². The molecule has 1 aromatic rings. The van der Waals surface area contributed by atoms with E-state index in [2.05, 4.69) is 5.32 Å². The van der Waals surface area contributed by atoms with Crippen molar-refractivity contribution in [2.45, 2.75) is 37.4 Å². The fraction of sp³-hybridized carbons (Fsp3) is 0.500. The van der Waals surface area contributed by atoms with E-state index in [4.69, 9.17) is 10.5 Å². The second-order valence-electron chi connectivity index (χ2n) is 5.35. The van der Waals surface area contributed by atoms with Gasteiger partial charge in [-0.2, -0.15) is 13.2 Å². The van der Waals surface area contributed by atoms with Crippen molar-refractivity contribution in [2.75, 3.05) is 11.9 Å². The quantitative estimate of drug-likeness (QED) is 0.897. The summed E-state index contributed by atoms with van der Waals surface area (Å²) >= 11 is 0. The molecule has 0 saturated heterocycles. The SMILES string of the molecule is NC1(COC(=O)Nc2ccc(C(F)(F)F)cc2)CCCC1. The summed E-state index contributed by atoms with van der Waals surface area (Å²) in [4.78, 5) is 11.6. The monoisotopic (exact) mass is 302 g/mol. The number of halogens is 3. The van der Waals surface area contributed by atoms with Gasteiger partial charge in [0.25, 0.3) is 0 Å². The number of hydrogen-bond acceptors (Lipinski definition) is 3. The van der Waals surface area contributed by atoms with Gasteiger partial charge in [0.1, 0.15) is 6.61 Å². The molecule has 0 atom stereocenters. The zero-order valence-electron chi connectivity index (χ0n) is 11.4. The Morgan fingerprint density at radius 3 is 2.33 bits per heavy atom. The zero-order chi connectivity index (χ0) is 15.5. The van der Waals surface area contributed by atoms with Crippen LogP contribution in [0.2, 0.25) is 0 Å². The Morgan fingerprint density at radius 2 is 1.81 bits per heavy atom. The first-order chi connectivity index (χ1) is 9.78. The van der Waals surface area contributed by atoms with E-state index in [1.54, 1.807) is 0 Å². The van der Waals surface area contributed by atoms with Crippen molar-refractivity contribution < 1.29 is 22.7 Å². The lowest BCUT2D eigenvalue weighted by molar-refractivity contribution is -0.137. The fourth-order valence-electron chi connectivity index (χ4n) is 2.33. The molecule has 1 saturated carbocycles. The van der Waals surface area contributed by atoms with E-state index in [0.29, 0.717) is 0 Å². The van der Waals surface area contributed by atoms with E-state index in [-0.39, 0.29) is 12.3 Å². The minimum Gasteiger partial charge on any atom is -0.447 e. The van der Waals surface area contributed by atoms with Crippen LogP contribution in [0.5, 0.6) is 0 Å². The van der Waals surface area contributed by atoms with Crippen LogP contribution in [0.1, 0.15) is 31.2 Å². The lowest BCUT2D eigenvalue weighted by Gasteiger charge is -2.22. The van der Waals surface area contributed by atoms with Crippen LogP contribution >= 0.6 is 0 Å². The number of alkyl halides is 3. The summed E-state index contributed by atoms with van der Waals surface area (Å²) in [6.07, 6.45) is -1.47. The molecular weight excluding hydrogens is 285 g/mol. The van der Waals surface area contributed by atoms with Crippen molar-refractivity contribution in [3.8, 4) is 0 Å². The predicted molar refractivity (Wildman–Crippen MR) is 71.8 cm³/mol. The van der Waals surface area contributed by atoms with Crippen molar-refractivity contribution in [1.29, 1.82) is 0 Å². The Labute approximate surface area is 120 Å². The van der Waals surface area contributed by atoms with Crippen LogP contribution in [0, 0.1) is 0 Å². The molecular formula is C14H17F3N2O2. The maximum atomic E-state index is 12.4. The maximum Gasteiger partial charge on any atom is 0.416 e. The van der Waals surface area contributed by atoms with Crippen LogP contribution < -0.4 is 11.1 Å². The van der Waals surface area contributed by atoms with Crippen LogP contribution in [0.3, 0.4) is 0 Å². The molecule has 0 aromatic heterocycles. The summed E-state index contributed by atoms with van der Waals surface area (Å²) in [5.74, 6) is 0. The number of nitrogens with two attached hydrogens (primary N) is 1. The lowest BCUT2D eigenvalue weighted by atomic mass is 10.0.